The Bertz CT molecular complexity index is 605. The molecule has 102 valence electrons. The number of hydrogen-bond donors (Lipinski definition) is 1. The van der Waals surface area contributed by atoms with Crippen molar-refractivity contribution in [3.05, 3.63) is 65.7 Å². The number of aromatic hydroxyl groups is 1. The number of para-hydroxylation sites is 1. The minimum atomic E-state index is -0.832. The number of aryl methyl sites for hydroxylation is 1. The Kier molecular flexibility index (Phi) is 4.50. The summed E-state index contributed by atoms with van der Waals surface area (Å²) in [5, 5.41) is 9.49. The van der Waals surface area contributed by atoms with Gasteiger partial charge in [-0.15, -0.1) is 0 Å². The van der Waals surface area contributed by atoms with Crippen LogP contribution in [0.2, 0.25) is 0 Å². The van der Waals surface area contributed by atoms with E-state index in [0.717, 1.165) is 5.56 Å². The molecule has 2 rings (SSSR count). The number of esters is 2. The van der Waals surface area contributed by atoms with Crippen molar-refractivity contribution < 1.29 is 19.4 Å². The number of carbonyl (C=O) groups is 2. The first-order valence-electron chi connectivity index (χ1n) is 6.24. The van der Waals surface area contributed by atoms with Crippen LogP contribution in [0.3, 0.4) is 0 Å². The Morgan fingerprint density at radius 3 is 2.30 bits per heavy atom. The van der Waals surface area contributed by atoms with Crippen molar-refractivity contribution in [2.45, 2.75) is 12.8 Å². The van der Waals surface area contributed by atoms with Gasteiger partial charge in [-0.25, -0.2) is 4.79 Å². The molecule has 0 saturated heterocycles. The lowest BCUT2D eigenvalue weighted by Crippen LogP contribution is -2.13. The van der Waals surface area contributed by atoms with Crippen molar-refractivity contribution in [3.8, 4) is 5.75 Å². The second-order valence-electron chi connectivity index (χ2n) is 4.26. The normalized spacial score (nSPS) is 10.0. The summed E-state index contributed by atoms with van der Waals surface area (Å²) in [6.07, 6.45) is 0.622. The van der Waals surface area contributed by atoms with E-state index in [2.05, 4.69) is 0 Å². The van der Waals surface area contributed by atoms with Crippen molar-refractivity contribution >= 4 is 11.9 Å². The molecule has 1 N–H and O–H groups in total. The van der Waals surface area contributed by atoms with Crippen LogP contribution in [0.1, 0.15) is 22.3 Å². The first kappa shape index (κ1) is 13.8. The monoisotopic (exact) mass is 270 g/mol. The maximum Gasteiger partial charge on any atom is 0.349 e. The third kappa shape index (κ3) is 3.68. The zero-order valence-electron chi connectivity index (χ0n) is 10.8. The van der Waals surface area contributed by atoms with Gasteiger partial charge in [-0.1, -0.05) is 42.5 Å². The maximum absolute atomic E-state index is 11.7. The second kappa shape index (κ2) is 6.52. The molecule has 0 heterocycles. The van der Waals surface area contributed by atoms with E-state index in [1.165, 1.54) is 12.1 Å². The molecular weight excluding hydrogens is 256 g/mol. The zero-order chi connectivity index (χ0) is 14.4. The summed E-state index contributed by atoms with van der Waals surface area (Å²) in [5.41, 5.74) is 0.986. The molecule has 0 saturated carbocycles. The van der Waals surface area contributed by atoms with Gasteiger partial charge in [0.2, 0.25) is 0 Å². The summed E-state index contributed by atoms with van der Waals surface area (Å²) >= 11 is 0. The number of hydrogen-bond acceptors (Lipinski definition) is 4. The molecule has 0 atom stereocenters. The first-order valence-corrected chi connectivity index (χ1v) is 6.24. The predicted molar refractivity (Wildman–Crippen MR) is 73.3 cm³/mol. The van der Waals surface area contributed by atoms with Crippen LogP contribution < -0.4 is 0 Å². The molecule has 0 amide bonds. The smallest absolute Gasteiger partial charge is 0.349 e. The molecule has 4 nitrogen and oxygen atoms in total. The third-order valence-corrected chi connectivity index (χ3v) is 2.79. The van der Waals surface area contributed by atoms with Gasteiger partial charge in [-0.2, -0.15) is 0 Å². The Balaban J connectivity index is 1.89. The van der Waals surface area contributed by atoms with Gasteiger partial charge in [0.1, 0.15) is 11.3 Å². The third-order valence-electron chi connectivity index (χ3n) is 2.79. The number of benzene rings is 2. The summed E-state index contributed by atoms with van der Waals surface area (Å²) in [4.78, 5) is 23.3. The first-order chi connectivity index (χ1) is 9.66. The van der Waals surface area contributed by atoms with Gasteiger partial charge in [0.25, 0.3) is 0 Å². The number of carbonyl (C=O) groups excluding carboxylic acids is 2. The fourth-order valence-electron chi connectivity index (χ4n) is 1.75. The summed E-state index contributed by atoms with van der Waals surface area (Å²) in [5.74, 6) is -1.64. The highest BCUT2D eigenvalue weighted by atomic mass is 16.6. The fraction of sp³-hybridized carbons (Fsp3) is 0.125. The van der Waals surface area contributed by atoms with E-state index in [-0.39, 0.29) is 17.7 Å². The van der Waals surface area contributed by atoms with Crippen LogP contribution in [0.15, 0.2) is 54.6 Å². The van der Waals surface area contributed by atoms with Gasteiger partial charge >= 0.3 is 11.9 Å². The van der Waals surface area contributed by atoms with Crippen molar-refractivity contribution in [2.24, 2.45) is 0 Å². The molecule has 0 unspecified atom stereocenters. The second-order valence-corrected chi connectivity index (χ2v) is 4.26. The predicted octanol–water partition coefficient (Wildman–Crippen LogP) is 2.71. The topological polar surface area (TPSA) is 63.6 Å². The summed E-state index contributed by atoms with van der Waals surface area (Å²) in [6.45, 7) is 0. The molecule has 0 aliphatic rings. The molecule has 4 heteroatoms. The average Bonchev–Trinajstić information content (AvgIpc) is 2.46. The van der Waals surface area contributed by atoms with Crippen LogP contribution in [0.25, 0.3) is 0 Å². The number of phenolic OH excluding ortho intramolecular Hbond substituents is 1. The highest BCUT2D eigenvalue weighted by Crippen LogP contribution is 2.17. The van der Waals surface area contributed by atoms with E-state index in [1.54, 1.807) is 12.1 Å². The molecule has 0 aliphatic carbocycles. The van der Waals surface area contributed by atoms with Crippen molar-refractivity contribution in [2.75, 3.05) is 0 Å². The largest absolute Gasteiger partial charge is 0.507 e. The zero-order valence-corrected chi connectivity index (χ0v) is 10.8. The minimum Gasteiger partial charge on any atom is -0.507 e. The molecule has 0 radical (unpaired) electrons. The number of phenols is 1. The molecule has 0 aliphatic heterocycles. The van der Waals surface area contributed by atoms with E-state index in [1.807, 2.05) is 30.3 Å². The lowest BCUT2D eigenvalue weighted by molar-refractivity contribution is -0.137. The lowest BCUT2D eigenvalue weighted by Gasteiger charge is -2.04. The van der Waals surface area contributed by atoms with Gasteiger partial charge < -0.3 is 9.84 Å². The molecule has 0 aromatic heterocycles. The highest BCUT2D eigenvalue weighted by molar-refractivity contribution is 5.98. The molecule has 2 aromatic rings. The van der Waals surface area contributed by atoms with Crippen LogP contribution in [0.4, 0.5) is 0 Å². The van der Waals surface area contributed by atoms with E-state index < -0.39 is 11.9 Å². The van der Waals surface area contributed by atoms with Gasteiger partial charge in [0.15, 0.2) is 0 Å². The maximum atomic E-state index is 11.7. The quantitative estimate of drug-likeness (QED) is 0.685. The van der Waals surface area contributed by atoms with Crippen LogP contribution in [-0.2, 0) is 16.0 Å². The van der Waals surface area contributed by atoms with Crippen molar-refractivity contribution in [1.29, 1.82) is 0 Å². The van der Waals surface area contributed by atoms with E-state index in [4.69, 9.17) is 4.74 Å². The van der Waals surface area contributed by atoms with Gasteiger partial charge in [-0.05, 0) is 24.1 Å². The number of rotatable bonds is 4. The van der Waals surface area contributed by atoms with Crippen LogP contribution in [-0.4, -0.2) is 17.0 Å². The minimum absolute atomic E-state index is 0.0134. The Morgan fingerprint density at radius 2 is 1.60 bits per heavy atom. The van der Waals surface area contributed by atoms with Crippen LogP contribution >= 0.6 is 0 Å². The number of ether oxygens (including phenoxy) is 1. The Hall–Kier alpha value is -2.62. The molecule has 0 spiro atoms. The molecule has 20 heavy (non-hydrogen) atoms. The standard InChI is InChI=1S/C16H14O4/c17-14-9-5-4-8-13(14)16(19)20-15(18)11-10-12-6-2-1-3-7-12/h1-9,17H,10-11H2. The van der Waals surface area contributed by atoms with E-state index >= 15 is 0 Å². The van der Waals surface area contributed by atoms with Gasteiger partial charge in [-0.3, -0.25) is 4.79 Å². The van der Waals surface area contributed by atoms with Gasteiger partial charge in [0, 0.05) is 0 Å². The van der Waals surface area contributed by atoms with Crippen LogP contribution in [0, 0.1) is 0 Å². The summed E-state index contributed by atoms with van der Waals surface area (Å²) < 4.78 is 4.70. The molecule has 0 bridgehead atoms. The lowest BCUT2D eigenvalue weighted by atomic mass is 10.1. The highest BCUT2D eigenvalue weighted by Gasteiger charge is 2.15. The Labute approximate surface area is 116 Å². The van der Waals surface area contributed by atoms with E-state index in [0.29, 0.717) is 6.42 Å². The van der Waals surface area contributed by atoms with Crippen molar-refractivity contribution in [3.63, 3.8) is 0 Å². The molecule has 0 fully saturated rings. The van der Waals surface area contributed by atoms with Crippen LogP contribution in [0.5, 0.6) is 5.75 Å². The molecule has 2 aromatic carbocycles. The van der Waals surface area contributed by atoms with Crippen molar-refractivity contribution in [1.82, 2.24) is 0 Å². The summed E-state index contributed by atoms with van der Waals surface area (Å²) in [6, 6.07) is 15.4. The summed E-state index contributed by atoms with van der Waals surface area (Å²) in [7, 11) is 0. The van der Waals surface area contributed by atoms with Gasteiger partial charge in [0.05, 0.1) is 6.42 Å². The Morgan fingerprint density at radius 1 is 0.950 bits per heavy atom. The SMILES string of the molecule is O=C(CCc1ccccc1)OC(=O)c1ccccc1O. The average molecular weight is 270 g/mol. The fourth-order valence-corrected chi connectivity index (χ4v) is 1.75. The van der Waals surface area contributed by atoms with E-state index in [9.17, 15) is 14.7 Å². The molecular formula is C16H14O4.